The third kappa shape index (κ3) is 2.92. The first-order valence-electron chi connectivity index (χ1n) is 8.42. The van der Waals surface area contributed by atoms with Crippen LogP contribution in [-0.2, 0) is 21.4 Å². The van der Waals surface area contributed by atoms with Gasteiger partial charge in [0, 0.05) is 32.7 Å². The number of aryl methyl sites for hydroxylation is 1. The molecule has 0 aromatic carbocycles. The van der Waals surface area contributed by atoms with Crippen molar-refractivity contribution in [2.75, 3.05) is 13.2 Å². The van der Waals surface area contributed by atoms with Gasteiger partial charge in [0.1, 0.15) is 5.82 Å². The molecule has 132 valence electrons. The average molecular weight is 335 g/mol. The van der Waals surface area contributed by atoms with E-state index in [1.165, 1.54) is 0 Å². The van der Waals surface area contributed by atoms with Gasteiger partial charge < -0.3 is 19.7 Å². The maximum Gasteiger partial charge on any atom is 0.307 e. The zero-order valence-electron chi connectivity index (χ0n) is 14.4. The number of nitrogens with zero attached hydrogens (tertiary/aromatic N) is 2. The Hall–Kier alpha value is -1.89. The topological polar surface area (TPSA) is 93.5 Å². The molecular weight excluding hydrogens is 310 g/mol. The molecule has 7 nitrogen and oxygen atoms in total. The van der Waals surface area contributed by atoms with E-state index < -0.39 is 23.2 Å². The molecule has 2 heterocycles. The monoisotopic (exact) mass is 335 g/mol. The maximum absolute atomic E-state index is 12.8. The highest BCUT2D eigenvalue weighted by Crippen LogP contribution is 2.58. The van der Waals surface area contributed by atoms with E-state index in [0.29, 0.717) is 13.2 Å². The highest BCUT2D eigenvalue weighted by molar-refractivity contribution is 5.91. The van der Waals surface area contributed by atoms with Crippen molar-refractivity contribution in [2.24, 2.45) is 30.2 Å². The van der Waals surface area contributed by atoms with E-state index >= 15 is 0 Å². The Balaban J connectivity index is 1.78. The van der Waals surface area contributed by atoms with E-state index in [-0.39, 0.29) is 17.9 Å². The number of amides is 1. The number of ether oxygens (including phenoxy) is 1. The number of rotatable bonds is 5. The second-order valence-corrected chi connectivity index (χ2v) is 7.45. The highest BCUT2D eigenvalue weighted by atomic mass is 16.5. The number of imidazole rings is 1. The number of carbonyl (C=O) groups is 2. The van der Waals surface area contributed by atoms with Crippen molar-refractivity contribution in [3.05, 3.63) is 18.2 Å². The minimum absolute atomic E-state index is 0.188. The van der Waals surface area contributed by atoms with Gasteiger partial charge in [-0.05, 0) is 24.2 Å². The number of hydrogen-bond donors (Lipinski definition) is 2. The van der Waals surface area contributed by atoms with Gasteiger partial charge in [-0.25, -0.2) is 4.98 Å². The smallest absolute Gasteiger partial charge is 0.307 e. The summed E-state index contributed by atoms with van der Waals surface area (Å²) in [6.45, 7) is 5.02. The zero-order chi connectivity index (χ0) is 17.5. The minimum Gasteiger partial charge on any atom is -0.481 e. The number of hydrogen-bond acceptors (Lipinski definition) is 4. The predicted octanol–water partition coefficient (Wildman–Crippen LogP) is 1.36. The lowest BCUT2D eigenvalue weighted by atomic mass is 9.90. The SMILES string of the molecule is Cn1ccnc1C(NC(=O)[C@@H]1[C@H](C(=O)O)C1(C)C)C1CCOCC1. The van der Waals surface area contributed by atoms with Gasteiger partial charge in [-0.15, -0.1) is 0 Å². The zero-order valence-corrected chi connectivity index (χ0v) is 14.4. The quantitative estimate of drug-likeness (QED) is 0.847. The fraction of sp³-hybridized carbons (Fsp3) is 0.706. The summed E-state index contributed by atoms with van der Waals surface area (Å²) in [7, 11) is 1.90. The molecule has 3 rings (SSSR count). The van der Waals surface area contributed by atoms with Crippen LogP contribution in [0.2, 0.25) is 0 Å². The molecule has 1 aliphatic heterocycles. The largest absolute Gasteiger partial charge is 0.481 e. The van der Waals surface area contributed by atoms with Crippen LogP contribution in [0.4, 0.5) is 0 Å². The van der Waals surface area contributed by atoms with Gasteiger partial charge in [0.15, 0.2) is 0 Å². The molecule has 24 heavy (non-hydrogen) atoms. The van der Waals surface area contributed by atoms with Crippen molar-refractivity contribution in [3.8, 4) is 0 Å². The summed E-state index contributed by atoms with van der Waals surface area (Å²) in [6, 6.07) is -0.216. The Kier molecular flexibility index (Phi) is 4.38. The van der Waals surface area contributed by atoms with Crippen LogP contribution in [0, 0.1) is 23.2 Å². The van der Waals surface area contributed by atoms with E-state index in [9.17, 15) is 14.7 Å². The molecule has 1 unspecified atom stereocenters. The van der Waals surface area contributed by atoms with Crippen LogP contribution < -0.4 is 5.32 Å². The second kappa shape index (κ2) is 6.20. The van der Waals surface area contributed by atoms with E-state index in [1.807, 2.05) is 31.7 Å². The summed E-state index contributed by atoms with van der Waals surface area (Å²) >= 11 is 0. The molecule has 2 fully saturated rings. The van der Waals surface area contributed by atoms with Crippen LogP contribution in [-0.4, -0.2) is 39.7 Å². The van der Waals surface area contributed by atoms with Crippen molar-refractivity contribution < 1.29 is 19.4 Å². The first-order chi connectivity index (χ1) is 11.3. The molecular formula is C17H25N3O4. The van der Waals surface area contributed by atoms with Gasteiger partial charge >= 0.3 is 5.97 Å². The lowest BCUT2D eigenvalue weighted by molar-refractivity contribution is -0.140. The van der Waals surface area contributed by atoms with Crippen LogP contribution in [0.25, 0.3) is 0 Å². The lowest BCUT2D eigenvalue weighted by Crippen LogP contribution is -2.39. The van der Waals surface area contributed by atoms with Gasteiger partial charge in [-0.3, -0.25) is 9.59 Å². The number of aromatic nitrogens is 2. The molecule has 1 aromatic heterocycles. The number of carbonyl (C=O) groups excluding carboxylic acids is 1. The molecule has 1 saturated carbocycles. The Bertz CT molecular complexity index is 634. The second-order valence-electron chi connectivity index (χ2n) is 7.45. The normalized spacial score (nSPS) is 27.5. The number of nitrogens with one attached hydrogen (secondary N) is 1. The fourth-order valence-electron chi connectivity index (χ4n) is 3.95. The number of aliphatic carboxylic acids is 1. The summed E-state index contributed by atoms with van der Waals surface area (Å²) in [6.07, 6.45) is 5.28. The Morgan fingerprint density at radius 1 is 1.38 bits per heavy atom. The fourth-order valence-corrected chi connectivity index (χ4v) is 3.95. The standard InChI is InChI=1S/C17H25N3O4/c1-17(2)11(12(17)16(22)23)15(21)19-13(10-4-8-24-9-5-10)14-18-6-7-20(14)3/h6-7,10-13H,4-5,8-9H2,1-3H3,(H,19,21)(H,22,23)/t11-,12+,13?/m0/s1. The van der Waals surface area contributed by atoms with Gasteiger partial charge in [0.2, 0.25) is 5.91 Å². The molecule has 7 heteroatoms. The molecule has 2 aliphatic rings. The van der Waals surface area contributed by atoms with E-state index in [1.54, 1.807) is 6.20 Å². The Morgan fingerprint density at radius 2 is 2.04 bits per heavy atom. The van der Waals surface area contributed by atoms with Crippen LogP contribution in [0.15, 0.2) is 12.4 Å². The average Bonchev–Trinajstić information content (AvgIpc) is 2.89. The molecule has 3 atom stereocenters. The van der Waals surface area contributed by atoms with Crippen molar-refractivity contribution in [1.29, 1.82) is 0 Å². The summed E-state index contributed by atoms with van der Waals surface area (Å²) in [5, 5.41) is 12.4. The highest BCUT2D eigenvalue weighted by Gasteiger charge is 2.66. The molecule has 0 radical (unpaired) electrons. The van der Waals surface area contributed by atoms with Gasteiger partial charge in [-0.2, -0.15) is 0 Å². The molecule has 1 amide bonds. The van der Waals surface area contributed by atoms with E-state index in [4.69, 9.17) is 4.74 Å². The van der Waals surface area contributed by atoms with Crippen molar-refractivity contribution >= 4 is 11.9 Å². The number of carboxylic acids is 1. The number of carboxylic acid groups (broad SMARTS) is 1. The molecule has 1 aliphatic carbocycles. The molecule has 0 bridgehead atoms. The maximum atomic E-state index is 12.8. The third-order valence-electron chi connectivity index (χ3n) is 5.55. The Morgan fingerprint density at radius 3 is 2.54 bits per heavy atom. The molecule has 1 saturated heterocycles. The summed E-state index contributed by atoms with van der Waals surface area (Å²) < 4.78 is 7.34. The van der Waals surface area contributed by atoms with Crippen LogP contribution in [0.5, 0.6) is 0 Å². The first-order valence-corrected chi connectivity index (χ1v) is 8.42. The van der Waals surface area contributed by atoms with E-state index in [2.05, 4.69) is 10.3 Å². The van der Waals surface area contributed by atoms with Crippen molar-refractivity contribution in [1.82, 2.24) is 14.9 Å². The molecule has 2 N–H and O–H groups in total. The summed E-state index contributed by atoms with van der Waals surface area (Å²) in [5.74, 6) is -1.15. The molecule has 0 spiro atoms. The van der Waals surface area contributed by atoms with Gasteiger partial charge in [-0.1, -0.05) is 13.8 Å². The van der Waals surface area contributed by atoms with E-state index in [0.717, 1.165) is 18.7 Å². The van der Waals surface area contributed by atoms with Crippen molar-refractivity contribution in [3.63, 3.8) is 0 Å². The predicted molar refractivity (Wildman–Crippen MR) is 86.0 cm³/mol. The summed E-state index contributed by atoms with van der Waals surface area (Å²) in [4.78, 5) is 28.5. The van der Waals surface area contributed by atoms with Gasteiger partial charge in [0.25, 0.3) is 0 Å². The molecule has 1 aromatic rings. The van der Waals surface area contributed by atoms with Crippen LogP contribution in [0.3, 0.4) is 0 Å². The minimum atomic E-state index is -0.903. The van der Waals surface area contributed by atoms with Gasteiger partial charge in [0.05, 0.1) is 17.9 Å². The van der Waals surface area contributed by atoms with Crippen LogP contribution in [0.1, 0.15) is 38.6 Å². The first kappa shape index (κ1) is 17.0. The Labute approximate surface area is 141 Å². The summed E-state index contributed by atoms with van der Waals surface area (Å²) in [5.41, 5.74) is -0.502. The lowest BCUT2D eigenvalue weighted by Gasteiger charge is -2.30. The van der Waals surface area contributed by atoms with Crippen molar-refractivity contribution in [2.45, 2.75) is 32.7 Å². The van der Waals surface area contributed by atoms with Crippen LogP contribution >= 0.6 is 0 Å². The third-order valence-corrected chi connectivity index (χ3v) is 5.55.